The molecule has 0 saturated carbocycles. The molecule has 3 rings (SSSR count). The van der Waals surface area contributed by atoms with Crippen LogP contribution in [0.3, 0.4) is 0 Å². The quantitative estimate of drug-likeness (QED) is 0.405. The second kappa shape index (κ2) is 8.04. The van der Waals surface area contributed by atoms with Gasteiger partial charge in [0.1, 0.15) is 6.61 Å². The van der Waals surface area contributed by atoms with Crippen molar-refractivity contribution in [1.29, 1.82) is 0 Å². The number of aromatic nitrogens is 3. The molecule has 1 aromatic heterocycles. The standard InChI is InChI=1S/C17H15ClN4O2S/c18-14-9-5-4-8-13(14)16-20-21-17(22(16)19)25-11-15(23)24-10-12-6-2-1-3-7-12/h1-9H,10-11,19H2. The number of nitrogens with zero attached hydrogens (tertiary/aromatic N) is 3. The van der Waals surface area contributed by atoms with Gasteiger partial charge in [-0.15, -0.1) is 10.2 Å². The Bertz CT molecular complexity index is 870. The van der Waals surface area contributed by atoms with Gasteiger partial charge in [-0.25, -0.2) is 4.68 Å². The van der Waals surface area contributed by atoms with Gasteiger partial charge in [-0.3, -0.25) is 4.79 Å². The molecular weight excluding hydrogens is 360 g/mol. The number of hydrogen-bond donors (Lipinski definition) is 1. The number of benzene rings is 2. The largest absolute Gasteiger partial charge is 0.460 e. The molecule has 1 heterocycles. The molecule has 0 spiro atoms. The van der Waals surface area contributed by atoms with E-state index >= 15 is 0 Å². The fourth-order valence-corrected chi connectivity index (χ4v) is 2.98. The minimum atomic E-state index is -0.351. The van der Waals surface area contributed by atoms with E-state index < -0.39 is 0 Å². The van der Waals surface area contributed by atoms with Crippen molar-refractivity contribution >= 4 is 29.3 Å². The summed E-state index contributed by atoms with van der Waals surface area (Å²) in [4.78, 5) is 11.9. The smallest absolute Gasteiger partial charge is 0.316 e. The van der Waals surface area contributed by atoms with Gasteiger partial charge in [0.2, 0.25) is 5.16 Å². The molecule has 2 aromatic carbocycles. The number of esters is 1. The molecule has 0 fully saturated rings. The van der Waals surface area contributed by atoms with E-state index in [0.717, 1.165) is 17.3 Å². The van der Waals surface area contributed by atoms with Crippen molar-refractivity contribution in [3.05, 3.63) is 65.2 Å². The van der Waals surface area contributed by atoms with Gasteiger partial charge in [-0.05, 0) is 17.7 Å². The van der Waals surface area contributed by atoms with Crippen molar-refractivity contribution < 1.29 is 9.53 Å². The van der Waals surface area contributed by atoms with Gasteiger partial charge in [0.05, 0.1) is 10.8 Å². The maximum atomic E-state index is 11.9. The Morgan fingerprint density at radius 2 is 1.84 bits per heavy atom. The van der Waals surface area contributed by atoms with E-state index in [2.05, 4.69) is 10.2 Å². The van der Waals surface area contributed by atoms with E-state index in [4.69, 9.17) is 22.2 Å². The zero-order valence-corrected chi connectivity index (χ0v) is 14.7. The molecule has 2 N–H and O–H groups in total. The Balaban J connectivity index is 1.59. The molecule has 3 aromatic rings. The van der Waals surface area contributed by atoms with Crippen LogP contribution in [-0.4, -0.2) is 26.6 Å². The first-order valence-corrected chi connectivity index (χ1v) is 8.79. The van der Waals surface area contributed by atoms with Crippen LogP contribution in [0.15, 0.2) is 59.8 Å². The van der Waals surface area contributed by atoms with Crippen LogP contribution in [0.2, 0.25) is 5.02 Å². The molecule has 0 aliphatic heterocycles. The van der Waals surface area contributed by atoms with Crippen LogP contribution in [0.4, 0.5) is 0 Å². The van der Waals surface area contributed by atoms with Crippen LogP contribution in [0.1, 0.15) is 5.56 Å². The third-order valence-electron chi connectivity index (χ3n) is 3.34. The van der Waals surface area contributed by atoms with E-state index in [1.807, 2.05) is 42.5 Å². The summed E-state index contributed by atoms with van der Waals surface area (Å²) in [5.74, 6) is 6.19. The lowest BCUT2D eigenvalue weighted by Gasteiger charge is -2.06. The number of rotatable bonds is 6. The zero-order chi connectivity index (χ0) is 17.6. The van der Waals surface area contributed by atoms with Crippen molar-refractivity contribution in [2.75, 3.05) is 11.6 Å². The van der Waals surface area contributed by atoms with Gasteiger partial charge >= 0.3 is 5.97 Å². The topological polar surface area (TPSA) is 83.0 Å². The number of ether oxygens (including phenoxy) is 1. The third-order valence-corrected chi connectivity index (χ3v) is 4.59. The van der Waals surface area contributed by atoms with Crippen molar-refractivity contribution in [2.45, 2.75) is 11.8 Å². The molecule has 0 bridgehead atoms. The molecule has 0 unspecified atom stereocenters. The highest BCUT2D eigenvalue weighted by molar-refractivity contribution is 7.99. The summed E-state index contributed by atoms with van der Waals surface area (Å²) < 4.78 is 6.54. The Kier molecular flexibility index (Phi) is 5.57. The van der Waals surface area contributed by atoms with E-state index in [-0.39, 0.29) is 18.3 Å². The molecular formula is C17H15ClN4O2S. The summed E-state index contributed by atoms with van der Waals surface area (Å²) in [5.41, 5.74) is 1.61. The zero-order valence-electron chi connectivity index (χ0n) is 13.1. The van der Waals surface area contributed by atoms with E-state index in [9.17, 15) is 4.79 Å². The summed E-state index contributed by atoms with van der Waals surface area (Å²) in [6.07, 6.45) is 0. The summed E-state index contributed by atoms with van der Waals surface area (Å²) in [6, 6.07) is 16.7. The summed E-state index contributed by atoms with van der Waals surface area (Å²) in [7, 11) is 0. The summed E-state index contributed by atoms with van der Waals surface area (Å²) in [5, 5.41) is 8.99. The van der Waals surface area contributed by atoms with Gasteiger partial charge in [0, 0.05) is 5.56 Å². The van der Waals surface area contributed by atoms with E-state index in [1.165, 1.54) is 4.68 Å². The molecule has 0 atom stereocenters. The predicted octanol–water partition coefficient (Wildman–Crippen LogP) is 3.15. The molecule has 0 radical (unpaired) electrons. The van der Waals surface area contributed by atoms with Crippen LogP contribution in [0.25, 0.3) is 11.4 Å². The molecule has 8 heteroatoms. The fraction of sp³-hybridized carbons (Fsp3) is 0.118. The highest BCUT2D eigenvalue weighted by atomic mass is 35.5. The third kappa shape index (κ3) is 4.32. The predicted molar refractivity (Wildman–Crippen MR) is 97.6 cm³/mol. The maximum absolute atomic E-state index is 11.9. The molecule has 0 amide bonds. The number of halogens is 1. The maximum Gasteiger partial charge on any atom is 0.316 e. The van der Waals surface area contributed by atoms with E-state index in [1.54, 1.807) is 12.1 Å². The molecule has 0 aliphatic rings. The molecule has 25 heavy (non-hydrogen) atoms. The highest BCUT2D eigenvalue weighted by Gasteiger charge is 2.16. The number of thioether (sulfide) groups is 1. The number of hydrogen-bond acceptors (Lipinski definition) is 6. The van der Waals surface area contributed by atoms with Crippen molar-refractivity contribution in [2.24, 2.45) is 0 Å². The number of nitrogens with two attached hydrogens (primary N) is 1. The Morgan fingerprint density at radius 3 is 2.60 bits per heavy atom. The minimum Gasteiger partial charge on any atom is -0.460 e. The van der Waals surface area contributed by atoms with Crippen molar-refractivity contribution in [3.8, 4) is 11.4 Å². The second-order valence-electron chi connectivity index (χ2n) is 5.09. The molecule has 6 nitrogen and oxygen atoms in total. The van der Waals surface area contributed by atoms with Crippen molar-refractivity contribution in [3.63, 3.8) is 0 Å². The molecule has 128 valence electrons. The summed E-state index contributed by atoms with van der Waals surface area (Å²) in [6.45, 7) is 0.237. The summed E-state index contributed by atoms with van der Waals surface area (Å²) >= 11 is 7.31. The number of nitrogen functional groups attached to an aromatic ring is 1. The van der Waals surface area contributed by atoms with Gasteiger partial charge in [0.25, 0.3) is 0 Å². The average Bonchev–Trinajstić information content (AvgIpc) is 3.00. The van der Waals surface area contributed by atoms with Crippen molar-refractivity contribution in [1.82, 2.24) is 14.9 Å². The second-order valence-corrected chi connectivity index (χ2v) is 6.44. The lowest BCUT2D eigenvalue weighted by molar-refractivity contribution is -0.141. The Morgan fingerprint density at radius 1 is 1.12 bits per heavy atom. The van der Waals surface area contributed by atoms with Crippen LogP contribution >= 0.6 is 23.4 Å². The van der Waals surface area contributed by atoms with Gasteiger partial charge in [-0.1, -0.05) is 65.8 Å². The monoisotopic (exact) mass is 374 g/mol. The number of carbonyl (C=O) groups is 1. The number of carbonyl (C=O) groups excluding carboxylic acids is 1. The van der Waals surface area contributed by atoms with E-state index in [0.29, 0.717) is 21.6 Å². The SMILES string of the molecule is Nn1c(SCC(=O)OCc2ccccc2)nnc1-c1ccccc1Cl. The fourth-order valence-electron chi connectivity index (χ4n) is 2.10. The first kappa shape index (κ1) is 17.3. The first-order chi connectivity index (χ1) is 12.1. The Hall–Kier alpha value is -2.51. The molecule has 0 saturated heterocycles. The first-order valence-electron chi connectivity index (χ1n) is 7.43. The van der Waals surface area contributed by atoms with Crippen LogP contribution in [0.5, 0.6) is 0 Å². The molecule has 0 aliphatic carbocycles. The van der Waals surface area contributed by atoms with Crippen LogP contribution in [-0.2, 0) is 16.1 Å². The Labute approximate surface area is 153 Å². The normalized spacial score (nSPS) is 10.6. The lowest BCUT2D eigenvalue weighted by atomic mass is 10.2. The van der Waals surface area contributed by atoms with Gasteiger partial charge < -0.3 is 10.6 Å². The average molecular weight is 375 g/mol. The van der Waals surface area contributed by atoms with Gasteiger partial charge in [-0.2, -0.15) is 0 Å². The van der Waals surface area contributed by atoms with Crippen LogP contribution < -0.4 is 5.84 Å². The minimum absolute atomic E-state index is 0.0880. The lowest BCUT2D eigenvalue weighted by Crippen LogP contribution is -2.13. The van der Waals surface area contributed by atoms with Crippen LogP contribution in [0, 0.1) is 0 Å². The van der Waals surface area contributed by atoms with Gasteiger partial charge in [0.15, 0.2) is 5.82 Å². The highest BCUT2D eigenvalue weighted by Crippen LogP contribution is 2.27.